The van der Waals surface area contributed by atoms with Gasteiger partial charge in [0.1, 0.15) is 73.7 Å². The minimum absolute atomic E-state index is 0. The van der Waals surface area contributed by atoms with Gasteiger partial charge in [0.05, 0.1) is 26.4 Å². The molecule has 0 amide bonds. The Kier molecular flexibility index (Phi) is 20.7. The van der Waals surface area contributed by atoms with Crippen molar-refractivity contribution in [1.29, 1.82) is 0 Å². The number of ether oxygens (including phenoxy) is 4. The maximum absolute atomic E-state index is 13.9. The van der Waals surface area contributed by atoms with Crippen LogP contribution in [-0.2, 0) is 68.9 Å². The fourth-order valence-electron chi connectivity index (χ4n) is 9.03. The number of aromatic amines is 4. The molecule has 10 N–H and O–H groups in total. The summed E-state index contributed by atoms with van der Waals surface area (Å²) in [6.07, 6.45) is -15.8. The SMILES string of the molecule is Cc1cn(C2CC(OP(=O)(O)O)C(COP(=O)(O)OC3CC(n4cc(C)c(=O)[nH]c4=O)OC3COP(=O)(O)OC3CC(n4cc(C)c(=O)[nH]c4=O)OC3COP(=O)(O)OC3CC(n4cc(C)c(=O)[nH]c4=O)OC3CO)O2)c(=O)[nH]c1=O.[Na]. The second-order valence-electron chi connectivity index (χ2n) is 18.9. The van der Waals surface area contributed by atoms with Crippen molar-refractivity contribution in [2.75, 3.05) is 26.4 Å². The molecule has 37 nitrogen and oxygen atoms in total. The minimum Gasteiger partial charge on any atom is -0.394 e. The molecule has 42 heteroatoms. The zero-order chi connectivity index (χ0) is 59.3. The molecule has 0 saturated carbocycles. The second kappa shape index (κ2) is 25.9. The second-order valence-corrected chi connectivity index (χ2v) is 24.3. The monoisotopic (exact) mass is 1260 g/mol. The Morgan fingerprint density at radius 3 is 0.915 bits per heavy atom. The molecule has 4 aliphatic heterocycles. The van der Waals surface area contributed by atoms with Gasteiger partial charge in [-0.1, -0.05) is 0 Å². The molecule has 8 heterocycles. The molecule has 0 spiro atoms. The number of aliphatic hydroxyl groups excluding tert-OH is 1. The summed E-state index contributed by atoms with van der Waals surface area (Å²) in [5, 5.41) is 10.0. The zero-order valence-corrected chi connectivity index (χ0v) is 49.1. The number of hydrogen-bond donors (Lipinski definition) is 10. The van der Waals surface area contributed by atoms with Gasteiger partial charge in [0, 0.05) is 102 Å². The van der Waals surface area contributed by atoms with Gasteiger partial charge in [-0.25, -0.2) is 37.4 Å². The van der Waals surface area contributed by atoms with Gasteiger partial charge in [-0.05, 0) is 27.7 Å². The Morgan fingerprint density at radius 2 is 0.671 bits per heavy atom. The summed E-state index contributed by atoms with van der Waals surface area (Å²) in [5.74, 6) is 0. The van der Waals surface area contributed by atoms with Crippen LogP contribution in [0.1, 0.15) is 72.8 Å². The molecule has 4 aromatic rings. The Hall–Kier alpha value is -4.04. The van der Waals surface area contributed by atoms with Gasteiger partial charge >= 0.3 is 54.0 Å². The number of phosphoric ester groups is 4. The molecule has 15 atom stereocenters. The molecule has 4 saturated heterocycles. The standard InChI is InChI=1S/C40H54N8O29P4.Na/c1-17-9-45(37(54)41-33(17)50)29-5-21(25(13-49)70-29)75-79(61,62)68-15-27-23(7-31(72-27)47-11-19(3)35(52)43-39(47)56)77-81(65,66)69-16-28-24(8-32(73-28)48-12-20(4)36(53)44-40(48)57)76-80(63,64)67-14-26-22(74-78(58,59)60)6-30(71-26)46-10-18(2)34(51)42-38(46)55;/h9-12,21-32,49H,5-8,13-16H2,1-4H3,(H,61,62)(H,63,64)(H,65,66)(H,41,50,54)(H,42,51,55)(H,43,52,56)(H,44,53,57)(H2,58,59,60);. The molecule has 82 heavy (non-hydrogen) atoms. The van der Waals surface area contributed by atoms with Gasteiger partial charge in [-0.2, -0.15) is 0 Å². The van der Waals surface area contributed by atoms with Crippen LogP contribution in [0.2, 0.25) is 0 Å². The van der Waals surface area contributed by atoms with Gasteiger partial charge in [-0.3, -0.25) is 89.0 Å². The first kappa shape index (κ1) is 65.5. The topological polar surface area (TPSA) is 511 Å². The van der Waals surface area contributed by atoms with E-state index in [-0.39, 0.29) is 58.2 Å². The van der Waals surface area contributed by atoms with Gasteiger partial charge in [0.25, 0.3) is 22.2 Å². The first-order chi connectivity index (χ1) is 37.8. The Labute approximate surface area is 479 Å². The van der Waals surface area contributed by atoms with E-state index in [4.69, 9.17) is 50.6 Å². The minimum atomic E-state index is -5.50. The largest absolute Gasteiger partial charge is 0.472 e. The third-order valence-electron chi connectivity index (χ3n) is 13.0. The molecule has 4 fully saturated rings. The van der Waals surface area contributed by atoms with Crippen LogP contribution in [0.25, 0.3) is 0 Å². The number of hydrogen-bond acceptors (Lipinski definition) is 24. The number of phosphoric acid groups is 4. The number of rotatable bonds is 22. The van der Waals surface area contributed by atoms with E-state index in [1.54, 1.807) is 0 Å². The van der Waals surface area contributed by atoms with Crippen molar-refractivity contribution >= 4 is 60.8 Å². The summed E-state index contributed by atoms with van der Waals surface area (Å²) in [4.78, 5) is 160. The summed E-state index contributed by atoms with van der Waals surface area (Å²) in [6.45, 7) is 1.48. The predicted molar refractivity (Wildman–Crippen MR) is 270 cm³/mol. The van der Waals surface area contributed by atoms with Gasteiger partial charge < -0.3 is 48.5 Å². The van der Waals surface area contributed by atoms with E-state index in [9.17, 15) is 86.2 Å². The Morgan fingerprint density at radius 1 is 0.439 bits per heavy atom. The van der Waals surface area contributed by atoms with E-state index < -0.39 is 196 Å². The quantitative estimate of drug-likeness (QED) is 0.0280. The van der Waals surface area contributed by atoms with Gasteiger partial charge in [0.2, 0.25) is 0 Å². The summed E-state index contributed by atoms with van der Waals surface area (Å²) in [7, 11) is -21.5. The molecule has 0 aromatic carbocycles. The van der Waals surface area contributed by atoms with Gasteiger partial charge in [-0.15, -0.1) is 0 Å². The molecule has 449 valence electrons. The van der Waals surface area contributed by atoms with Crippen LogP contribution in [0.4, 0.5) is 0 Å². The fraction of sp³-hybridized carbons (Fsp3) is 0.600. The molecule has 0 aliphatic carbocycles. The van der Waals surface area contributed by atoms with E-state index in [0.29, 0.717) is 0 Å². The zero-order valence-electron chi connectivity index (χ0n) is 43.5. The summed E-state index contributed by atoms with van der Waals surface area (Å²) >= 11 is 0. The van der Waals surface area contributed by atoms with E-state index in [2.05, 4.69) is 9.97 Å². The Balaban J connectivity index is 0.00000968. The fourth-order valence-corrected chi connectivity index (χ4v) is 12.5. The third kappa shape index (κ3) is 15.9. The predicted octanol–water partition coefficient (Wildman–Crippen LogP) is -2.83. The van der Waals surface area contributed by atoms with Crippen molar-refractivity contribution in [3.63, 3.8) is 0 Å². The number of aromatic nitrogens is 8. The van der Waals surface area contributed by atoms with Crippen LogP contribution >= 0.6 is 31.3 Å². The third-order valence-corrected chi connectivity index (χ3v) is 16.6. The van der Waals surface area contributed by atoms with E-state index >= 15 is 0 Å². The first-order valence-electron chi connectivity index (χ1n) is 24.0. The molecule has 15 unspecified atom stereocenters. The van der Waals surface area contributed by atoms with Crippen molar-refractivity contribution in [2.24, 2.45) is 0 Å². The normalized spacial score (nSPS) is 28.8. The van der Waals surface area contributed by atoms with E-state index in [1.165, 1.54) is 33.9 Å². The van der Waals surface area contributed by atoms with E-state index in [1.807, 2.05) is 9.97 Å². The molecular weight excluding hydrogens is 1200 g/mol. The van der Waals surface area contributed by atoms with Crippen molar-refractivity contribution in [3.05, 3.63) is 130 Å². The first-order valence-corrected chi connectivity index (χ1v) is 30.0. The van der Waals surface area contributed by atoms with Crippen LogP contribution in [0.3, 0.4) is 0 Å². The van der Waals surface area contributed by atoms with Crippen LogP contribution in [0, 0.1) is 27.7 Å². The maximum atomic E-state index is 13.9. The number of aryl methyl sites for hydroxylation is 4. The number of nitrogens with zero attached hydrogens (tertiary/aromatic N) is 4. The molecule has 8 rings (SSSR count). The van der Waals surface area contributed by atoms with Crippen LogP contribution in [0.15, 0.2) is 63.1 Å². The summed E-state index contributed by atoms with van der Waals surface area (Å²) in [6, 6.07) is 0. The molecule has 1 radical (unpaired) electrons. The molecule has 4 aliphatic rings. The summed E-state index contributed by atoms with van der Waals surface area (Å²) < 4.78 is 116. The van der Waals surface area contributed by atoms with Crippen LogP contribution < -0.4 is 45.0 Å². The number of H-pyrrole nitrogens is 4. The van der Waals surface area contributed by atoms with Crippen molar-refractivity contribution in [3.8, 4) is 0 Å². The number of nitrogens with one attached hydrogen (secondary N) is 4. The maximum Gasteiger partial charge on any atom is 0.472 e. The Bertz CT molecular complexity index is 3720. The summed E-state index contributed by atoms with van der Waals surface area (Å²) in [5.41, 5.74) is -6.78. The average Bonchev–Trinajstić information content (AvgIpc) is 4.39. The van der Waals surface area contributed by atoms with Crippen molar-refractivity contribution in [1.82, 2.24) is 38.2 Å². The van der Waals surface area contributed by atoms with E-state index in [0.717, 1.165) is 36.9 Å². The molecular formula is C40H54N8NaO29P4. The van der Waals surface area contributed by atoms with Crippen molar-refractivity contribution in [2.45, 2.75) is 127 Å². The molecule has 4 aromatic heterocycles. The molecule has 0 bridgehead atoms. The smallest absolute Gasteiger partial charge is 0.394 e. The average molecular weight is 1260 g/mol. The van der Waals surface area contributed by atoms with Gasteiger partial charge in [0.15, 0.2) is 0 Å². The number of aliphatic hydroxyl groups is 1. The van der Waals surface area contributed by atoms with Crippen LogP contribution in [0.5, 0.6) is 0 Å². The van der Waals surface area contributed by atoms with Crippen molar-refractivity contribution < 1.29 is 98.4 Å². The van der Waals surface area contributed by atoms with Crippen LogP contribution in [-0.4, -0.2) is 173 Å².